The first-order valence-electron chi connectivity index (χ1n) is 9.74. The summed E-state index contributed by atoms with van der Waals surface area (Å²) < 4.78 is 60.4. The van der Waals surface area contributed by atoms with E-state index in [0.717, 1.165) is 16.8 Å². The Hall–Kier alpha value is -2.77. The Labute approximate surface area is 182 Å². The number of aryl methyl sites for hydroxylation is 2. The first kappa shape index (κ1) is 23.9. The van der Waals surface area contributed by atoms with E-state index in [1.165, 1.54) is 4.72 Å². The summed E-state index contributed by atoms with van der Waals surface area (Å²) in [4.78, 5) is 25.6. The molecule has 1 aliphatic heterocycles. The Bertz CT molecular complexity index is 1290. The van der Waals surface area contributed by atoms with Gasteiger partial charge in [-0.2, -0.15) is 13.2 Å². The monoisotopic (exact) mass is 472 g/mol. The molecule has 0 saturated carbocycles. The summed E-state index contributed by atoms with van der Waals surface area (Å²) in [5.41, 5.74) is -2.06. The standard InChI is InChI=1S/C19H23F3N6O3S/c1-11-9-14-15(10-12(11)2)28(17-16(27-14)18(29)26-13(3)25-17)8-7-23-5-4-6-24-32(30,31)19(20,21)22/h9-10,23-24H,3-8H2,1-2H3,(H,26,29). The maximum absolute atomic E-state index is 12.4. The van der Waals surface area contributed by atoms with Crippen LogP contribution in [0.15, 0.2) is 21.9 Å². The highest BCUT2D eigenvalue weighted by Crippen LogP contribution is 2.36. The SMILES string of the molecule is C=c1nc2c(c(=O)[nH]1)=Nc1cc(C)c(C)cc1N2CCNCCCNS(=O)(=O)C(F)(F)F. The lowest BCUT2D eigenvalue weighted by Crippen LogP contribution is -2.44. The predicted molar refractivity (Wildman–Crippen MR) is 114 cm³/mol. The maximum Gasteiger partial charge on any atom is 0.511 e. The Kier molecular flexibility index (Phi) is 6.72. The third kappa shape index (κ3) is 5.00. The number of anilines is 2. The van der Waals surface area contributed by atoms with Gasteiger partial charge in [-0.05, 0) is 50.1 Å². The lowest BCUT2D eigenvalue weighted by atomic mass is 10.1. The number of halogens is 3. The van der Waals surface area contributed by atoms with E-state index < -0.39 is 21.1 Å². The zero-order valence-corrected chi connectivity index (χ0v) is 18.3. The van der Waals surface area contributed by atoms with Crippen molar-refractivity contribution >= 4 is 33.8 Å². The fourth-order valence-corrected chi connectivity index (χ4v) is 3.74. The molecule has 1 aliphatic rings. The van der Waals surface area contributed by atoms with Crippen LogP contribution in [0.5, 0.6) is 0 Å². The van der Waals surface area contributed by atoms with Crippen LogP contribution in [0, 0.1) is 13.8 Å². The highest BCUT2D eigenvalue weighted by molar-refractivity contribution is 7.90. The number of alkyl halides is 3. The zero-order valence-electron chi connectivity index (χ0n) is 17.5. The molecule has 13 heteroatoms. The van der Waals surface area contributed by atoms with Crippen LogP contribution >= 0.6 is 0 Å². The number of aromatic amines is 1. The van der Waals surface area contributed by atoms with Crippen LogP contribution < -0.4 is 31.3 Å². The van der Waals surface area contributed by atoms with E-state index in [9.17, 15) is 26.4 Å². The van der Waals surface area contributed by atoms with Gasteiger partial charge in [0.05, 0.1) is 11.4 Å². The third-order valence-electron chi connectivity index (χ3n) is 4.93. The lowest BCUT2D eigenvalue weighted by Gasteiger charge is -2.28. The van der Waals surface area contributed by atoms with Crippen LogP contribution in [0.2, 0.25) is 0 Å². The van der Waals surface area contributed by atoms with E-state index in [1.807, 2.05) is 30.9 Å². The van der Waals surface area contributed by atoms with Crippen molar-refractivity contribution in [3.63, 3.8) is 0 Å². The molecule has 0 unspecified atom stereocenters. The van der Waals surface area contributed by atoms with Gasteiger partial charge in [0.25, 0.3) is 5.56 Å². The normalized spacial score (nSPS) is 13.5. The lowest BCUT2D eigenvalue weighted by molar-refractivity contribution is -0.0447. The van der Waals surface area contributed by atoms with E-state index in [4.69, 9.17) is 0 Å². The zero-order chi connectivity index (χ0) is 23.7. The minimum Gasteiger partial charge on any atom is -0.321 e. The number of aromatic nitrogens is 2. The van der Waals surface area contributed by atoms with Crippen LogP contribution in [-0.4, -0.2) is 50.1 Å². The number of H-pyrrole nitrogens is 1. The van der Waals surface area contributed by atoms with Crippen LogP contribution in [0.3, 0.4) is 0 Å². The van der Waals surface area contributed by atoms with Crippen LogP contribution in [0.1, 0.15) is 17.5 Å². The van der Waals surface area contributed by atoms with Gasteiger partial charge < -0.3 is 15.2 Å². The van der Waals surface area contributed by atoms with E-state index in [2.05, 4.69) is 26.9 Å². The van der Waals surface area contributed by atoms with Gasteiger partial charge in [-0.3, -0.25) is 4.79 Å². The molecule has 9 nitrogen and oxygen atoms in total. The molecule has 2 heterocycles. The van der Waals surface area contributed by atoms with Crippen LogP contribution in [-0.2, 0) is 10.0 Å². The first-order valence-corrected chi connectivity index (χ1v) is 11.2. The van der Waals surface area contributed by atoms with Crippen molar-refractivity contribution in [2.45, 2.75) is 25.8 Å². The molecule has 0 aliphatic carbocycles. The summed E-state index contributed by atoms with van der Waals surface area (Å²) in [7, 11) is -5.33. The molecule has 0 bridgehead atoms. The predicted octanol–water partition coefficient (Wildman–Crippen LogP) is 0.619. The Balaban J connectivity index is 1.69. The van der Waals surface area contributed by atoms with Gasteiger partial charge in [-0.15, -0.1) is 0 Å². The van der Waals surface area contributed by atoms with Crippen molar-refractivity contribution in [2.75, 3.05) is 31.1 Å². The van der Waals surface area contributed by atoms with Crippen molar-refractivity contribution in [2.24, 2.45) is 4.99 Å². The summed E-state index contributed by atoms with van der Waals surface area (Å²) in [5.74, 6) is 0.370. The van der Waals surface area contributed by atoms with Gasteiger partial charge in [0.1, 0.15) is 5.48 Å². The molecule has 0 atom stereocenters. The van der Waals surface area contributed by atoms with Gasteiger partial charge >= 0.3 is 15.5 Å². The molecule has 0 fully saturated rings. The van der Waals surface area contributed by atoms with Crippen molar-refractivity contribution in [1.82, 2.24) is 20.0 Å². The van der Waals surface area contributed by atoms with Gasteiger partial charge in [0, 0.05) is 19.6 Å². The Morgan fingerprint density at radius 3 is 2.53 bits per heavy atom. The average Bonchev–Trinajstić information content (AvgIpc) is 2.67. The van der Waals surface area contributed by atoms with Crippen molar-refractivity contribution < 1.29 is 21.6 Å². The number of benzene rings is 1. The van der Waals surface area contributed by atoms with Crippen molar-refractivity contribution in [1.29, 1.82) is 0 Å². The Morgan fingerprint density at radius 1 is 1.16 bits per heavy atom. The molecule has 3 N–H and O–H groups in total. The number of sulfonamides is 1. The van der Waals surface area contributed by atoms with E-state index >= 15 is 0 Å². The van der Waals surface area contributed by atoms with Gasteiger partial charge in [-0.25, -0.2) is 23.1 Å². The number of nitrogens with zero attached hydrogens (tertiary/aromatic N) is 3. The molecule has 1 aromatic heterocycles. The molecule has 0 amide bonds. The molecule has 0 spiro atoms. The number of hydrogen-bond acceptors (Lipinski definition) is 7. The van der Waals surface area contributed by atoms with Gasteiger partial charge in [0.15, 0.2) is 11.2 Å². The number of rotatable bonds is 8. The maximum atomic E-state index is 12.4. The summed E-state index contributed by atoms with van der Waals surface area (Å²) in [6.45, 7) is 8.33. The number of nitrogens with one attached hydrogen (secondary N) is 3. The molecular weight excluding hydrogens is 449 g/mol. The highest BCUT2D eigenvalue weighted by Gasteiger charge is 2.45. The van der Waals surface area contributed by atoms with E-state index in [1.54, 1.807) is 0 Å². The molecule has 0 radical (unpaired) electrons. The molecule has 2 aromatic rings. The smallest absolute Gasteiger partial charge is 0.321 e. The Morgan fingerprint density at radius 2 is 1.84 bits per heavy atom. The van der Waals surface area contributed by atoms with Gasteiger partial charge in [-0.1, -0.05) is 6.58 Å². The third-order valence-corrected chi connectivity index (χ3v) is 6.13. The second kappa shape index (κ2) is 9.00. The number of hydrogen-bond donors (Lipinski definition) is 3. The van der Waals surface area contributed by atoms with Crippen molar-refractivity contribution in [3.05, 3.63) is 44.5 Å². The minimum absolute atomic E-state index is 0.164. The summed E-state index contributed by atoms with van der Waals surface area (Å²) >= 11 is 0. The summed E-state index contributed by atoms with van der Waals surface area (Å²) in [6, 6.07) is 3.84. The topological polar surface area (TPSA) is 120 Å². The van der Waals surface area contributed by atoms with Crippen molar-refractivity contribution in [3.8, 4) is 0 Å². The van der Waals surface area contributed by atoms with Gasteiger partial charge in [0.2, 0.25) is 0 Å². The minimum atomic E-state index is -5.33. The van der Waals surface area contributed by atoms with E-state index in [-0.39, 0.29) is 30.3 Å². The quantitative estimate of drug-likeness (QED) is 0.485. The summed E-state index contributed by atoms with van der Waals surface area (Å²) in [5, 5.41) is 3.23. The van der Waals surface area contributed by atoms with Crippen LogP contribution in [0.25, 0.3) is 6.58 Å². The fraction of sp³-hybridized carbons (Fsp3) is 0.421. The summed E-state index contributed by atoms with van der Waals surface area (Å²) in [6.07, 6.45) is 0.164. The molecule has 174 valence electrons. The second-order valence-electron chi connectivity index (χ2n) is 7.32. The van der Waals surface area contributed by atoms with E-state index in [0.29, 0.717) is 24.6 Å². The molecule has 1 aromatic carbocycles. The first-order chi connectivity index (χ1) is 14.9. The molecule has 0 saturated heterocycles. The molecular formula is C19H23F3N6O3S. The fourth-order valence-electron chi connectivity index (χ4n) is 3.16. The molecule has 3 rings (SSSR count). The largest absolute Gasteiger partial charge is 0.511 e. The average molecular weight is 472 g/mol. The molecule has 32 heavy (non-hydrogen) atoms. The number of fused-ring (bicyclic) bond motifs is 2. The highest BCUT2D eigenvalue weighted by atomic mass is 32.2. The van der Waals surface area contributed by atoms with Crippen LogP contribution in [0.4, 0.5) is 30.4 Å². The second-order valence-corrected chi connectivity index (χ2v) is 9.08.